The first kappa shape index (κ1) is 14.6. The fourth-order valence-electron chi connectivity index (χ4n) is 1.55. The molecule has 0 heterocycles. The van der Waals surface area contributed by atoms with Crippen LogP contribution in [0.5, 0.6) is 0 Å². The van der Waals surface area contributed by atoms with Crippen molar-refractivity contribution in [3.8, 4) is 0 Å². The average Bonchev–Trinajstić information content (AvgIpc) is 2.37. The summed E-state index contributed by atoms with van der Waals surface area (Å²) in [6.45, 7) is 0. The monoisotopic (exact) mass is 266 g/mol. The van der Waals surface area contributed by atoms with Gasteiger partial charge in [-0.2, -0.15) is 11.8 Å². The van der Waals surface area contributed by atoms with E-state index in [9.17, 15) is 9.59 Å². The number of amides is 2. The van der Waals surface area contributed by atoms with Gasteiger partial charge < -0.3 is 10.6 Å². The Kier molecular flexibility index (Phi) is 6.28. The van der Waals surface area contributed by atoms with Gasteiger partial charge in [-0.05, 0) is 24.3 Å². The highest BCUT2D eigenvalue weighted by molar-refractivity contribution is 7.99. The van der Waals surface area contributed by atoms with E-state index in [1.807, 2.05) is 30.5 Å². The number of carbonyl (C=O) groups is 2. The van der Waals surface area contributed by atoms with Gasteiger partial charge >= 0.3 is 0 Å². The minimum Gasteiger partial charge on any atom is -0.359 e. The van der Waals surface area contributed by atoms with E-state index in [4.69, 9.17) is 0 Å². The number of benzene rings is 1. The Bertz CT molecular complexity index is 421. The summed E-state index contributed by atoms with van der Waals surface area (Å²) in [6, 6.07) is 7.57. The topological polar surface area (TPSA) is 58.2 Å². The van der Waals surface area contributed by atoms with E-state index in [0.29, 0.717) is 18.6 Å². The Labute approximate surface area is 112 Å². The van der Waals surface area contributed by atoms with Crippen LogP contribution in [0.4, 0.5) is 5.69 Å². The second kappa shape index (κ2) is 7.76. The molecule has 98 valence electrons. The van der Waals surface area contributed by atoms with E-state index in [0.717, 1.165) is 11.3 Å². The highest BCUT2D eigenvalue weighted by Crippen LogP contribution is 2.17. The molecule has 0 bridgehead atoms. The molecule has 0 aliphatic carbocycles. The molecule has 0 aliphatic rings. The number of anilines is 1. The summed E-state index contributed by atoms with van der Waals surface area (Å²) in [7, 11) is 1.62. The Balaban J connectivity index is 2.67. The molecule has 1 aromatic carbocycles. The van der Waals surface area contributed by atoms with Crippen molar-refractivity contribution < 1.29 is 9.59 Å². The van der Waals surface area contributed by atoms with Crippen LogP contribution in [0.15, 0.2) is 24.3 Å². The second-order valence-corrected chi connectivity index (χ2v) is 4.68. The fourth-order valence-corrected chi connectivity index (χ4v) is 1.89. The van der Waals surface area contributed by atoms with Crippen molar-refractivity contribution in [2.24, 2.45) is 0 Å². The zero-order valence-electron chi connectivity index (χ0n) is 10.7. The maximum Gasteiger partial charge on any atom is 0.234 e. The first-order valence-electron chi connectivity index (χ1n) is 5.74. The predicted molar refractivity (Wildman–Crippen MR) is 75.8 cm³/mol. The first-order chi connectivity index (χ1) is 8.67. The average molecular weight is 266 g/mol. The van der Waals surface area contributed by atoms with E-state index in [-0.39, 0.29) is 11.8 Å². The number of hydrogen-bond acceptors (Lipinski definition) is 3. The molecule has 0 spiro atoms. The fraction of sp³-hybridized carbons (Fsp3) is 0.385. The molecule has 5 heteroatoms. The molecule has 4 nitrogen and oxygen atoms in total. The minimum atomic E-state index is -0.0186. The van der Waals surface area contributed by atoms with Gasteiger partial charge in [0.05, 0.1) is 5.75 Å². The van der Waals surface area contributed by atoms with Crippen LogP contribution in [-0.4, -0.2) is 30.9 Å². The Morgan fingerprint density at radius 3 is 2.61 bits per heavy atom. The van der Waals surface area contributed by atoms with Gasteiger partial charge in [0, 0.05) is 19.2 Å². The number of nitrogens with one attached hydrogen (secondary N) is 2. The largest absolute Gasteiger partial charge is 0.359 e. The number of rotatable bonds is 6. The van der Waals surface area contributed by atoms with Crippen LogP contribution < -0.4 is 10.6 Å². The van der Waals surface area contributed by atoms with Crippen molar-refractivity contribution in [1.29, 1.82) is 0 Å². The van der Waals surface area contributed by atoms with Crippen LogP contribution in [0.2, 0.25) is 0 Å². The molecular weight excluding hydrogens is 248 g/mol. The maximum absolute atomic E-state index is 11.5. The summed E-state index contributed by atoms with van der Waals surface area (Å²) < 4.78 is 0. The standard InChI is InChI=1S/C13H18N2O2S/c1-14-12(16)8-7-10-5-3-4-6-11(10)15-13(17)9-18-2/h3-6H,7-9H2,1-2H3,(H,14,16)(H,15,17). The molecular formula is C13H18N2O2S. The van der Waals surface area contributed by atoms with Crippen molar-refractivity contribution >= 4 is 29.3 Å². The van der Waals surface area contributed by atoms with E-state index in [2.05, 4.69) is 10.6 Å². The second-order valence-electron chi connectivity index (χ2n) is 3.81. The van der Waals surface area contributed by atoms with E-state index in [1.165, 1.54) is 11.8 Å². The Hall–Kier alpha value is -1.49. The van der Waals surface area contributed by atoms with Crippen molar-refractivity contribution in [2.75, 3.05) is 24.4 Å². The van der Waals surface area contributed by atoms with Gasteiger partial charge in [0.25, 0.3) is 0 Å². The highest BCUT2D eigenvalue weighted by atomic mass is 32.2. The van der Waals surface area contributed by atoms with Crippen LogP contribution in [0.25, 0.3) is 0 Å². The molecule has 0 saturated carbocycles. The van der Waals surface area contributed by atoms with E-state index in [1.54, 1.807) is 7.05 Å². The predicted octanol–water partition coefficient (Wildman–Crippen LogP) is 1.67. The molecule has 18 heavy (non-hydrogen) atoms. The number of aryl methyl sites for hydroxylation is 1. The Morgan fingerprint density at radius 1 is 1.22 bits per heavy atom. The molecule has 1 rings (SSSR count). The van der Waals surface area contributed by atoms with Gasteiger partial charge in [-0.1, -0.05) is 18.2 Å². The minimum absolute atomic E-state index is 0.000225. The lowest BCUT2D eigenvalue weighted by Crippen LogP contribution is -2.19. The van der Waals surface area contributed by atoms with Gasteiger partial charge in [-0.15, -0.1) is 0 Å². The number of para-hydroxylation sites is 1. The van der Waals surface area contributed by atoms with E-state index < -0.39 is 0 Å². The van der Waals surface area contributed by atoms with Crippen LogP contribution >= 0.6 is 11.8 Å². The SMILES string of the molecule is CNC(=O)CCc1ccccc1NC(=O)CSC. The van der Waals surface area contributed by atoms with Gasteiger partial charge in [0.1, 0.15) is 0 Å². The molecule has 0 atom stereocenters. The van der Waals surface area contributed by atoms with Gasteiger partial charge in [-0.25, -0.2) is 0 Å². The Morgan fingerprint density at radius 2 is 1.94 bits per heavy atom. The highest BCUT2D eigenvalue weighted by Gasteiger charge is 2.07. The van der Waals surface area contributed by atoms with Crippen molar-refractivity contribution in [1.82, 2.24) is 5.32 Å². The molecule has 1 aromatic rings. The summed E-state index contributed by atoms with van der Waals surface area (Å²) in [4.78, 5) is 22.8. The zero-order chi connectivity index (χ0) is 13.4. The van der Waals surface area contributed by atoms with Crippen LogP contribution in [0.1, 0.15) is 12.0 Å². The van der Waals surface area contributed by atoms with Gasteiger partial charge in [0.15, 0.2) is 0 Å². The van der Waals surface area contributed by atoms with Crippen molar-refractivity contribution in [3.63, 3.8) is 0 Å². The lowest BCUT2D eigenvalue weighted by atomic mass is 10.1. The van der Waals surface area contributed by atoms with Crippen LogP contribution in [-0.2, 0) is 16.0 Å². The van der Waals surface area contributed by atoms with E-state index >= 15 is 0 Å². The summed E-state index contributed by atoms with van der Waals surface area (Å²) in [6.07, 6.45) is 2.93. The molecule has 0 radical (unpaired) electrons. The first-order valence-corrected chi connectivity index (χ1v) is 7.14. The third kappa shape index (κ3) is 4.79. The lowest BCUT2D eigenvalue weighted by molar-refractivity contribution is -0.120. The normalized spacial score (nSPS) is 9.89. The third-order valence-corrected chi connectivity index (χ3v) is 3.02. The van der Waals surface area contributed by atoms with Crippen LogP contribution in [0, 0.1) is 0 Å². The molecule has 2 N–H and O–H groups in total. The van der Waals surface area contributed by atoms with Gasteiger partial charge in [0.2, 0.25) is 11.8 Å². The zero-order valence-corrected chi connectivity index (χ0v) is 11.5. The molecule has 0 fully saturated rings. The summed E-state index contributed by atoms with van der Waals surface area (Å²) >= 11 is 1.48. The molecule has 0 aliphatic heterocycles. The van der Waals surface area contributed by atoms with Crippen LogP contribution in [0.3, 0.4) is 0 Å². The molecule has 2 amide bonds. The smallest absolute Gasteiger partial charge is 0.234 e. The summed E-state index contributed by atoms with van der Waals surface area (Å²) in [5, 5.41) is 5.45. The third-order valence-electron chi connectivity index (χ3n) is 2.47. The molecule has 0 aromatic heterocycles. The van der Waals surface area contributed by atoms with Crippen molar-refractivity contribution in [3.05, 3.63) is 29.8 Å². The lowest BCUT2D eigenvalue weighted by Gasteiger charge is -2.10. The summed E-state index contributed by atoms with van der Waals surface area (Å²) in [5.41, 5.74) is 1.77. The quantitative estimate of drug-likeness (QED) is 0.823. The van der Waals surface area contributed by atoms with Crippen molar-refractivity contribution in [2.45, 2.75) is 12.8 Å². The number of hydrogen-bond donors (Lipinski definition) is 2. The molecule has 0 saturated heterocycles. The number of thioether (sulfide) groups is 1. The maximum atomic E-state index is 11.5. The molecule has 0 unspecified atom stereocenters. The van der Waals surface area contributed by atoms with Gasteiger partial charge in [-0.3, -0.25) is 9.59 Å². The summed E-state index contributed by atoms with van der Waals surface area (Å²) in [5.74, 6) is 0.416. The number of carbonyl (C=O) groups excluding carboxylic acids is 2.